The number of aliphatic hydroxyl groups is 1. The average Bonchev–Trinajstić information content (AvgIpc) is 2.23. The second kappa shape index (κ2) is 5.15. The fourth-order valence-electron chi connectivity index (χ4n) is 1.42. The molecule has 0 heterocycles. The molecule has 1 aromatic rings. The first kappa shape index (κ1) is 13.5. The summed E-state index contributed by atoms with van der Waals surface area (Å²) in [4.78, 5) is 0. The molecule has 0 spiro atoms. The molecule has 90 valence electrons. The third kappa shape index (κ3) is 3.19. The average molecular weight is 245 g/mol. The molecule has 0 saturated heterocycles. The van der Waals surface area contributed by atoms with E-state index in [-0.39, 0.29) is 11.2 Å². The maximum atomic E-state index is 13.5. The summed E-state index contributed by atoms with van der Waals surface area (Å²) in [6.45, 7) is 5.96. The SMILES string of the molecule is CCC(C)(C)C(O)Cc1cc(Cl)ccc1F. The number of benzene rings is 1. The van der Waals surface area contributed by atoms with Gasteiger partial charge in [0.2, 0.25) is 0 Å². The lowest BCUT2D eigenvalue weighted by atomic mass is 9.81. The molecule has 0 aliphatic carbocycles. The molecule has 1 N–H and O–H groups in total. The van der Waals surface area contributed by atoms with Gasteiger partial charge in [-0.05, 0) is 35.6 Å². The predicted molar refractivity (Wildman–Crippen MR) is 65.2 cm³/mol. The van der Waals surface area contributed by atoms with E-state index in [9.17, 15) is 9.50 Å². The van der Waals surface area contributed by atoms with Gasteiger partial charge < -0.3 is 5.11 Å². The molecule has 3 heteroatoms. The van der Waals surface area contributed by atoms with Gasteiger partial charge in [-0.2, -0.15) is 0 Å². The first-order chi connectivity index (χ1) is 7.36. The first-order valence-electron chi connectivity index (χ1n) is 5.49. The van der Waals surface area contributed by atoms with Crippen molar-refractivity contribution in [3.05, 3.63) is 34.6 Å². The normalized spacial score (nSPS) is 13.9. The molecule has 0 bridgehead atoms. The van der Waals surface area contributed by atoms with E-state index in [0.717, 1.165) is 6.42 Å². The van der Waals surface area contributed by atoms with E-state index in [4.69, 9.17) is 11.6 Å². The van der Waals surface area contributed by atoms with Gasteiger partial charge in [-0.15, -0.1) is 0 Å². The van der Waals surface area contributed by atoms with Gasteiger partial charge in [0, 0.05) is 11.4 Å². The van der Waals surface area contributed by atoms with Crippen LogP contribution in [0.25, 0.3) is 0 Å². The van der Waals surface area contributed by atoms with Crippen LogP contribution >= 0.6 is 11.6 Å². The molecule has 0 aliphatic rings. The molecule has 0 fully saturated rings. The van der Waals surface area contributed by atoms with Gasteiger partial charge in [0.15, 0.2) is 0 Å². The molecule has 0 radical (unpaired) electrons. The maximum absolute atomic E-state index is 13.5. The molecule has 1 atom stereocenters. The maximum Gasteiger partial charge on any atom is 0.126 e. The van der Waals surface area contributed by atoms with Crippen molar-refractivity contribution in [2.75, 3.05) is 0 Å². The fourth-order valence-corrected chi connectivity index (χ4v) is 1.61. The molecule has 16 heavy (non-hydrogen) atoms. The Hall–Kier alpha value is -0.600. The number of hydrogen-bond donors (Lipinski definition) is 1. The van der Waals surface area contributed by atoms with E-state index in [1.807, 2.05) is 20.8 Å². The highest BCUT2D eigenvalue weighted by Crippen LogP contribution is 2.28. The summed E-state index contributed by atoms with van der Waals surface area (Å²) in [6.07, 6.45) is 0.578. The second-order valence-corrected chi connectivity index (χ2v) is 5.23. The van der Waals surface area contributed by atoms with Crippen LogP contribution in [-0.4, -0.2) is 11.2 Å². The van der Waals surface area contributed by atoms with Crippen LogP contribution in [0.5, 0.6) is 0 Å². The molecule has 1 nitrogen and oxygen atoms in total. The summed E-state index contributed by atoms with van der Waals surface area (Å²) in [5, 5.41) is 10.5. The molecule has 0 aromatic heterocycles. The smallest absolute Gasteiger partial charge is 0.126 e. The Bertz CT molecular complexity index is 363. The molecular weight excluding hydrogens is 227 g/mol. The summed E-state index contributed by atoms with van der Waals surface area (Å²) in [5.74, 6) is -0.310. The van der Waals surface area contributed by atoms with E-state index >= 15 is 0 Å². The van der Waals surface area contributed by atoms with Crippen molar-refractivity contribution in [1.29, 1.82) is 0 Å². The molecule has 0 saturated carbocycles. The zero-order valence-corrected chi connectivity index (χ0v) is 10.7. The van der Waals surface area contributed by atoms with Crippen LogP contribution in [0.15, 0.2) is 18.2 Å². The number of hydrogen-bond acceptors (Lipinski definition) is 1. The van der Waals surface area contributed by atoms with Gasteiger partial charge >= 0.3 is 0 Å². The van der Waals surface area contributed by atoms with Crippen LogP contribution in [0.4, 0.5) is 4.39 Å². The number of rotatable bonds is 4. The van der Waals surface area contributed by atoms with Gasteiger partial charge in [-0.1, -0.05) is 32.4 Å². The van der Waals surface area contributed by atoms with E-state index in [0.29, 0.717) is 17.0 Å². The van der Waals surface area contributed by atoms with E-state index in [2.05, 4.69) is 0 Å². The lowest BCUT2D eigenvalue weighted by Gasteiger charge is -2.29. The monoisotopic (exact) mass is 244 g/mol. The quantitative estimate of drug-likeness (QED) is 0.854. The summed E-state index contributed by atoms with van der Waals surface area (Å²) < 4.78 is 13.5. The predicted octanol–water partition coefficient (Wildman–Crippen LogP) is 3.82. The van der Waals surface area contributed by atoms with E-state index in [1.54, 1.807) is 6.07 Å². The minimum atomic E-state index is -0.564. The fraction of sp³-hybridized carbons (Fsp3) is 0.538. The second-order valence-electron chi connectivity index (χ2n) is 4.80. The molecule has 0 amide bonds. The van der Waals surface area contributed by atoms with Crippen LogP contribution in [0.2, 0.25) is 5.02 Å². The number of halogens is 2. The Morgan fingerprint density at radius 1 is 1.44 bits per heavy atom. The van der Waals surface area contributed by atoms with Crippen molar-refractivity contribution >= 4 is 11.6 Å². The summed E-state index contributed by atoms with van der Waals surface area (Å²) in [7, 11) is 0. The zero-order valence-electron chi connectivity index (χ0n) is 9.93. The minimum absolute atomic E-state index is 0.214. The van der Waals surface area contributed by atoms with Gasteiger partial charge in [0.25, 0.3) is 0 Å². The van der Waals surface area contributed by atoms with Gasteiger partial charge in [-0.3, -0.25) is 0 Å². The van der Waals surface area contributed by atoms with E-state index < -0.39 is 6.10 Å². The zero-order chi connectivity index (χ0) is 12.3. The molecule has 1 rings (SSSR count). The van der Waals surface area contributed by atoms with Crippen molar-refractivity contribution in [1.82, 2.24) is 0 Å². The van der Waals surface area contributed by atoms with Crippen molar-refractivity contribution in [3.63, 3.8) is 0 Å². The van der Waals surface area contributed by atoms with Gasteiger partial charge in [-0.25, -0.2) is 4.39 Å². The van der Waals surface area contributed by atoms with Crippen molar-refractivity contribution in [3.8, 4) is 0 Å². The van der Waals surface area contributed by atoms with Crippen LogP contribution in [0.1, 0.15) is 32.8 Å². The van der Waals surface area contributed by atoms with Gasteiger partial charge in [0.05, 0.1) is 6.10 Å². The minimum Gasteiger partial charge on any atom is -0.392 e. The largest absolute Gasteiger partial charge is 0.392 e. The van der Waals surface area contributed by atoms with Crippen molar-refractivity contribution in [2.45, 2.75) is 39.7 Å². The Balaban J connectivity index is 2.84. The lowest BCUT2D eigenvalue weighted by Crippen LogP contribution is -2.30. The van der Waals surface area contributed by atoms with Gasteiger partial charge in [0.1, 0.15) is 5.82 Å². The molecule has 1 aromatic carbocycles. The summed E-state index contributed by atoms with van der Waals surface area (Å²) in [6, 6.07) is 4.42. The highest BCUT2D eigenvalue weighted by Gasteiger charge is 2.26. The Kier molecular flexibility index (Phi) is 4.34. The topological polar surface area (TPSA) is 20.2 Å². The van der Waals surface area contributed by atoms with Crippen molar-refractivity contribution in [2.24, 2.45) is 5.41 Å². The van der Waals surface area contributed by atoms with Crippen LogP contribution in [0.3, 0.4) is 0 Å². The standard InChI is InChI=1S/C13H18ClFO/c1-4-13(2,3)12(16)8-9-7-10(14)5-6-11(9)15/h5-7,12,16H,4,8H2,1-3H3. The highest BCUT2D eigenvalue weighted by atomic mass is 35.5. The van der Waals surface area contributed by atoms with Crippen LogP contribution in [0, 0.1) is 11.2 Å². The summed E-state index contributed by atoms with van der Waals surface area (Å²) >= 11 is 5.80. The third-order valence-corrected chi connectivity index (χ3v) is 3.47. The lowest BCUT2D eigenvalue weighted by molar-refractivity contribution is 0.0473. The Morgan fingerprint density at radius 2 is 2.06 bits per heavy atom. The molecular formula is C13H18ClFO. The Labute approximate surface area is 101 Å². The van der Waals surface area contributed by atoms with E-state index in [1.165, 1.54) is 12.1 Å². The first-order valence-corrected chi connectivity index (χ1v) is 5.86. The third-order valence-electron chi connectivity index (χ3n) is 3.23. The molecule has 0 aliphatic heterocycles. The van der Waals surface area contributed by atoms with Crippen LogP contribution in [-0.2, 0) is 6.42 Å². The Morgan fingerprint density at radius 3 is 2.62 bits per heavy atom. The van der Waals surface area contributed by atoms with Crippen LogP contribution < -0.4 is 0 Å². The molecule has 1 unspecified atom stereocenters. The summed E-state index contributed by atoms with van der Waals surface area (Å²) in [5.41, 5.74) is 0.260. The van der Waals surface area contributed by atoms with Crippen molar-refractivity contribution < 1.29 is 9.50 Å². The number of aliphatic hydroxyl groups excluding tert-OH is 1. The highest BCUT2D eigenvalue weighted by molar-refractivity contribution is 6.30.